The molecule has 0 heterocycles. The molecule has 0 aliphatic rings. The summed E-state index contributed by atoms with van der Waals surface area (Å²) < 4.78 is 6.26. The molecule has 2 nitrogen and oxygen atoms in total. The first kappa shape index (κ1) is 15.4. The van der Waals surface area contributed by atoms with Crippen molar-refractivity contribution in [3.8, 4) is 5.75 Å². The third kappa shape index (κ3) is 3.54. The van der Waals surface area contributed by atoms with Gasteiger partial charge in [-0.25, -0.2) is 0 Å². The summed E-state index contributed by atoms with van der Waals surface area (Å²) in [7, 11) is 1.61. The Morgan fingerprint density at radius 3 is 2.65 bits per heavy atom. The Morgan fingerprint density at radius 2 is 2.00 bits per heavy atom. The number of hydrogen-bond donors (Lipinski definition) is 1. The van der Waals surface area contributed by atoms with E-state index in [2.05, 4.69) is 15.9 Å². The summed E-state index contributed by atoms with van der Waals surface area (Å²) in [5, 5.41) is 11.1. The van der Waals surface area contributed by atoms with Crippen LogP contribution in [0.5, 0.6) is 5.75 Å². The zero-order valence-electron chi connectivity index (χ0n) is 11.4. The average Bonchev–Trinajstić information content (AvgIpc) is 2.41. The molecule has 1 N–H and O–H groups in total. The molecule has 0 aliphatic carbocycles. The van der Waals surface area contributed by atoms with Crippen LogP contribution in [0.3, 0.4) is 0 Å². The van der Waals surface area contributed by atoms with E-state index in [1.807, 2.05) is 43.3 Å². The van der Waals surface area contributed by atoms with Crippen LogP contribution in [0.4, 0.5) is 0 Å². The zero-order chi connectivity index (χ0) is 14.7. The highest BCUT2D eigenvalue weighted by molar-refractivity contribution is 9.10. The number of methoxy groups -OCH3 is 1. The Bertz CT molecular complexity index is 613. The molecular weight excluding hydrogens is 340 g/mol. The van der Waals surface area contributed by atoms with E-state index in [0.29, 0.717) is 17.2 Å². The van der Waals surface area contributed by atoms with Crippen molar-refractivity contribution in [3.05, 3.63) is 62.6 Å². The standard InChI is InChI=1S/C16H16BrClO2/c1-10-3-6-13(16(7-10)20-2)15(19)8-11-4-5-12(17)9-14(11)18/h3-7,9,15,19H,8H2,1-2H3. The minimum atomic E-state index is -0.649. The molecule has 0 saturated carbocycles. The van der Waals surface area contributed by atoms with E-state index in [9.17, 15) is 5.11 Å². The van der Waals surface area contributed by atoms with Gasteiger partial charge in [0.1, 0.15) is 5.75 Å². The lowest BCUT2D eigenvalue weighted by molar-refractivity contribution is 0.174. The van der Waals surface area contributed by atoms with Crippen LogP contribution in [0.1, 0.15) is 22.8 Å². The summed E-state index contributed by atoms with van der Waals surface area (Å²) in [5.41, 5.74) is 2.78. The number of aliphatic hydroxyl groups excluding tert-OH is 1. The maximum absolute atomic E-state index is 10.4. The Morgan fingerprint density at radius 1 is 1.25 bits per heavy atom. The molecule has 1 atom stereocenters. The number of aryl methyl sites for hydroxylation is 1. The topological polar surface area (TPSA) is 29.5 Å². The fraction of sp³-hybridized carbons (Fsp3) is 0.250. The molecule has 0 saturated heterocycles. The molecule has 0 aliphatic heterocycles. The van der Waals surface area contributed by atoms with Gasteiger partial charge in [-0.15, -0.1) is 0 Å². The zero-order valence-corrected chi connectivity index (χ0v) is 13.7. The van der Waals surface area contributed by atoms with Gasteiger partial charge in [0.2, 0.25) is 0 Å². The first-order chi connectivity index (χ1) is 9.51. The lowest BCUT2D eigenvalue weighted by Crippen LogP contribution is -2.05. The van der Waals surface area contributed by atoms with Gasteiger partial charge in [-0.2, -0.15) is 0 Å². The van der Waals surface area contributed by atoms with Crippen molar-refractivity contribution in [1.82, 2.24) is 0 Å². The first-order valence-electron chi connectivity index (χ1n) is 6.28. The van der Waals surface area contributed by atoms with E-state index in [1.165, 1.54) is 0 Å². The fourth-order valence-corrected chi connectivity index (χ4v) is 2.85. The Kier molecular flexibility index (Phi) is 5.08. The summed E-state index contributed by atoms with van der Waals surface area (Å²) in [4.78, 5) is 0. The van der Waals surface area contributed by atoms with Gasteiger partial charge < -0.3 is 9.84 Å². The predicted octanol–water partition coefficient (Wildman–Crippen LogP) is 4.70. The molecule has 0 spiro atoms. The van der Waals surface area contributed by atoms with E-state index in [1.54, 1.807) is 7.11 Å². The van der Waals surface area contributed by atoms with Gasteiger partial charge >= 0.3 is 0 Å². The van der Waals surface area contributed by atoms with Crippen molar-refractivity contribution in [3.63, 3.8) is 0 Å². The number of ether oxygens (including phenoxy) is 1. The monoisotopic (exact) mass is 354 g/mol. The molecule has 106 valence electrons. The molecule has 4 heteroatoms. The number of benzene rings is 2. The van der Waals surface area contributed by atoms with Crippen LogP contribution in [0.25, 0.3) is 0 Å². The fourth-order valence-electron chi connectivity index (χ4n) is 2.10. The van der Waals surface area contributed by atoms with Crippen molar-refractivity contribution in [2.24, 2.45) is 0 Å². The molecule has 0 radical (unpaired) electrons. The van der Waals surface area contributed by atoms with Crippen LogP contribution in [-0.4, -0.2) is 12.2 Å². The van der Waals surface area contributed by atoms with Crippen LogP contribution < -0.4 is 4.74 Å². The van der Waals surface area contributed by atoms with Crippen LogP contribution >= 0.6 is 27.5 Å². The Labute approximate surface area is 132 Å². The second-order valence-electron chi connectivity index (χ2n) is 4.70. The molecule has 2 rings (SSSR count). The summed E-state index contributed by atoms with van der Waals surface area (Å²) in [6.07, 6.45) is -0.199. The summed E-state index contributed by atoms with van der Waals surface area (Å²) >= 11 is 9.56. The van der Waals surface area contributed by atoms with Gasteiger partial charge in [0.15, 0.2) is 0 Å². The Hall–Kier alpha value is -1.03. The molecular formula is C16H16BrClO2. The highest BCUT2D eigenvalue weighted by atomic mass is 79.9. The minimum Gasteiger partial charge on any atom is -0.496 e. The van der Waals surface area contributed by atoms with Crippen LogP contribution in [0.15, 0.2) is 40.9 Å². The third-order valence-corrected chi connectivity index (χ3v) is 4.02. The summed E-state index contributed by atoms with van der Waals surface area (Å²) in [6.45, 7) is 1.99. The van der Waals surface area contributed by atoms with Gasteiger partial charge in [0, 0.05) is 21.5 Å². The second-order valence-corrected chi connectivity index (χ2v) is 6.02. The van der Waals surface area contributed by atoms with E-state index in [-0.39, 0.29) is 0 Å². The van der Waals surface area contributed by atoms with E-state index < -0.39 is 6.10 Å². The van der Waals surface area contributed by atoms with Crippen molar-refractivity contribution in [1.29, 1.82) is 0 Å². The molecule has 0 fully saturated rings. The third-order valence-electron chi connectivity index (χ3n) is 3.18. The summed E-state index contributed by atoms with van der Waals surface area (Å²) in [5.74, 6) is 0.700. The van der Waals surface area contributed by atoms with Gasteiger partial charge in [-0.3, -0.25) is 0 Å². The lowest BCUT2D eigenvalue weighted by atomic mass is 9.99. The van der Waals surface area contributed by atoms with Gasteiger partial charge in [-0.05, 0) is 36.2 Å². The Balaban J connectivity index is 2.25. The van der Waals surface area contributed by atoms with Crippen LogP contribution in [0.2, 0.25) is 5.02 Å². The second kappa shape index (κ2) is 6.61. The normalized spacial score (nSPS) is 12.2. The highest BCUT2D eigenvalue weighted by Crippen LogP contribution is 2.31. The maximum Gasteiger partial charge on any atom is 0.124 e. The van der Waals surface area contributed by atoms with Crippen molar-refractivity contribution >= 4 is 27.5 Å². The quantitative estimate of drug-likeness (QED) is 0.861. The van der Waals surface area contributed by atoms with Gasteiger partial charge in [0.05, 0.1) is 13.2 Å². The molecule has 0 amide bonds. The first-order valence-corrected chi connectivity index (χ1v) is 7.45. The van der Waals surface area contributed by atoms with E-state index in [0.717, 1.165) is 21.2 Å². The average molecular weight is 356 g/mol. The minimum absolute atomic E-state index is 0.450. The van der Waals surface area contributed by atoms with E-state index in [4.69, 9.17) is 16.3 Å². The highest BCUT2D eigenvalue weighted by Gasteiger charge is 2.15. The van der Waals surface area contributed by atoms with Crippen molar-refractivity contribution < 1.29 is 9.84 Å². The van der Waals surface area contributed by atoms with Crippen molar-refractivity contribution in [2.75, 3.05) is 7.11 Å². The molecule has 2 aromatic rings. The number of aliphatic hydroxyl groups is 1. The largest absolute Gasteiger partial charge is 0.496 e. The predicted molar refractivity (Wildman–Crippen MR) is 85.5 cm³/mol. The molecule has 1 unspecified atom stereocenters. The van der Waals surface area contributed by atoms with Crippen LogP contribution in [0, 0.1) is 6.92 Å². The van der Waals surface area contributed by atoms with E-state index >= 15 is 0 Å². The van der Waals surface area contributed by atoms with Crippen LogP contribution in [-0.2, 0) is 6.42 Å². The number of halogens is 2. The number of rotatable bonds is 4. The SMILES string of the molecule is COc1cc(C)ccc1C(O)Cc1ccc(Br)cc1Cl. The van der Waals surface area contributed by atoms with Crippen molar-refractivity contribution in [2.45, 2.75) is 19.4 Å². The molecule has 0 bridgehead atoms. The number of hydrogen-bond acceptors (Lipinski definition) is 2. The lowest BCUT2D eigenvalue weighted by Gasteiger charge is -2.16. The molecule has 0 aromatic heterocycles. The summed E-state index contributed by atoms with van der Waals surface area (Å²) in [6, 6.07) is 11.4. The molecule has 2 aromatic carbocycles. The smallest absolute Gasteiger partial charge is 0.124 e. The maximum atomic E-state index is 10.4. The molecule has 20 heavy (non-hydrogen) atoms. The van der Waals surface area contributed by atoms with Gasteiger partial charge in [0.25, 0.3) is 0 Å². The van der Waals surface area contributed by atoms with Gasteiger partial charge in [-0.1, -0.05) is 45.7 Å².